The van der Waals surface area contributed by atoms with Gasteiger partial charge in [0, 0.05) is 28.4 Å². The number of hydrogen-bond acceptors (Lipinski definition) is 6. The Kier molecular flexibility index (Phi) is 6.01. The molecule has 0 unspecified atom stereocenters. The van der Waals surface area contributed by atoms with Crippen LogP contribution < -0.4 is 5.32 Å². The van der Waals surface area contributed by atoms with Crippen molar-refractivity contribution in [2.45, 2.75) is 24.8 Å². The molecule has 2 aromatic rings. The van der Waals surface area contributed by atoms with Crippen molar-refractivity contribution in [2.75, 3.05) is 31.8 Å². The molecule has 0 saturated carbocycles. The van der Waals surface area contributed by atoms with Crippen LogP contribution in [0.15, 0.2) is 29.2 Å². The molecule has 1 aliphatic rings. The number of hydrogen-bond donors (Lipinski definition) is 1. The Morgan fingerprint density at radius 3 is 2.69 bits per heavy atom. The molecular weight excluding hydrogens is 368 g/mol. The maximum absolute atomic E-state index is 12.6. The summed E-state index contributed by atoms with van der Waals surface area (Å²) in [5, 5.41) is 3.51. The topological polar surface area (TPSA) is 58.6 Å². The van der Waals surface area contributed by atoms with Crippen LogP contribution in [0, 0.1) is 0 Å². The zero-order valence-corrected chi connectivity index (χ0v) is 16.8. The van der Waals surface area contributed by atoms with Crippen LogP contribution in [0.5, 0.6) is 0 Å². The Hall–Kier alpha value is -1.83. The van der Waals surface area contributed by atoms with Crippen molar-refractivity contribution >= 4 is 40.0 Å². The largest absolute Gasteiger partial charge is 0.462 e. The molecule has 7 heteroatoms. The van der Waals surface area contributed by atoms with Gasteiger partial charge in [0.05, 0.1) is 12.2 Å². The summed E-state index contributed by atoms with van der Waals surface area (Å²) in [5.74, 6) is -0.572. The average molecular weight is 391 g/mol. The minimum absolute atomic E-state index is 0.213. The number of fused-ring (bicyclic) bond motifs is 1. The van der Waals surface area contributed by atoms with Gasteiger partial charge in [-0.2, -0.15) is 0 Å². The number of anilines is 1. The second-order valence-corrected chi connectivity index (χ2v) is 8.08. The quantitative estimate of drug-likeness (QED) is 0.620. The van der Waals surface area contributed by atoms with Crippen molar-refractivity contribution in [3.63, 3.8) is 0 Å². The lowest BCUT2D eigenvalue weighted by atomic mass is 10.0. The molecule has 1 amide bonds. The Balaban J connectivity index is 1.90. The summed E-state index contributed by atoms with van der Waals surface area (Å²) < 4.78 is 5.24. The number of nitrogens with one attached hydrogen (secondary N) is 1. The molecule has 1 N–H and O–H groups in total. The summed E-state index contributed by atoms with van der Waals surface area (Å²) in [6.07, 6.45) is 2.78. The van der Waals surface area contributed by atoms with Gasteiger partial charge in [-0.1, -0.05) is 0 Å². The summed E-state index contributed by atoms with van der Waals surface area (Å²) >= 11 is 3.10. The molecule has 0 radical (unpaired) electrons. The van der Waals surface area contributed by atoms with Crippen LogP contribution in [0.2, 0.25) is 0 Å². The van der Waals surface area contributed by atoms with Crippen molar-refractivity contribution < 1.29 is 14.3 Å². The van der Waals surface area contributed by atoms with E-state index < -0.39 is 0 Å². The third-order valence-corrected chi connectivity index (χ3v) is 6.18. The van der Waals surface area contributed by atoms with E-state index in [-0.39, 0.29) is 11.9 Å². The molecule has 0 atom stereocenters. The number of carbonyl (C=O) groups is 2. The van der Waals surface area contributed by atoms with Crippen molar-refractivity contribution in [3.05, 3.63) is 45.8 Å². The predicted molar refractivity (Wildman–Crippen MR) is 106 cm³/mol. The highest BCUT2D eigenvalue weighted by molar-refractivity contribution is 7.98. The highest BCUT2D eigenvalue weighted by Crippen LogP contribution is 2.37. The van der Waals surface area contributed by atoms with E-state index in [0.29, 0.717) is 22.7 Å². The summed E-state index contributed by atoms with van der Waals surface area (Å²) in [6, 6.07) is 7.43. The van der Waals surface area contributed by atoms with Gasteiger partial charge < -0.3 is 15.0 Å². The van der Waals surface area contributed by atoms with Crippen molar-refractivity contribution in [1.82, 2.24) is 4.90 Å². The molecule has 2 heterocycles. The lowest BCUT2D eigenvalue weighted by molar-refractivity contribution is 0.0526. The van der Waals surface area contributed by atoms with E-state index in [1.807, 2.05) is 18.4 Å². The average Bonchev–Trinajstić information content (AvgIpc) is 2.98. The zero-order chi connectivity index (χ0) is 18.7. The van der Waals surface area contributed by atoms with Crippen LogP contribution in [0.4, 0.5) is 5.00 Å². The first-order valence-corrected chi connectivity index (χ1v) is 10.5. The van der Waals surface area contributed by atoms with E-state index in [9.17, 15) is 9.59 Å². The first-order valence-electron chi connectivity index (χ1n) is 8.49. The van der Waals surface area contributed by atoms with Gasteiger partial charge in [-0.3, -0.25) is 4.79 Å². The van der Waals surface area contributed by atoms with E-state index in [1.54, 1.807) is 30.8 Å². The number of esters is 1. The van der Waals surface area contributed by atoms with Crippen LogP contribution in [0.1, 0.15) is 38.1 Å². The van der Waals surface area contributed by atoms with Crippen molar-refractivity contribution in [3.8, 4) is 0 Å². The number of likely N-dealkylation sites (N-methyl/N-ethyl adjacent to an activating group) is 1. The number of carbonyl (C=O) groups excluding carboxylic acids is 2. The summed E-state index contributed by atoms with van der Waals surface area (Å²) in [7, 11) is 2.05. The third-order valence-electron chi connectivity index (χ3n) is 4.31. The fourth-order valence-corrected chi connectivity index (χ4v) is 4.68. The molecular formula is C19H22N2O3S2. The standard InChI is InChI=1S/C19H22N2O3S2/c1-4-24-19(23)16-14-9-10-21(2)11-15(14)26-18(16)20-17(22)12-5-7-13(25-3)8-6-12/h5-8H,4,9-11H2,1-3H3,(H,20,22). The van der Waals surface area contributed by atoms with E-state index >= 15 is 0 Å². The van der Waals surface area contributed by atoms with Crippen LogP contribution in [0.25, 0.3) is 0 Å². The normalized spacial score (nSPS) is 14.0. The minimum atomic E-state index is -0.359. The van der Waals surface area contributed by atoms with E-state index in [0.717, 1.165) is 34.8 Å². The summed E-state index contributed by atoms with van der Waals surface area (Å²) in [6.45, 7) is 3.77. The third kappa shape index (κ3) is 3.95. The number of thiophene rings is 1. The number of ether oxygens (including phenoxy) is 1. The number of rotatable bonds is 5. The Morgan fingerprint density at radius 2 is 2.04 bits per heavy atom. The second-order valence-electron chi connectivity index (χ2n) is 6.10. The SMILES string of the molecule is CCOC(=O)c1c(NC(=O)c2ccc(SC)cc2)sc2c1CCN(C)C2. The second kappa shape index (κ2) is 8.24. The number of nitrogens with zero attached hydrogens (tertiary/aromatic N) is 1. The molecule has 138 valence electrons. The molecule has 0 aliphatic carbocycles. The maximum atomic E-state index is 12.6. The van der Waals surface area contributed by atoms with Crippen LogP contribution in [-0.2, 0) is 17.7 Å². The van der Waals surface area contributed by atoms with Gasteiger partial charge in [0.25, 0.3) is 5.91 Å². The van der Waals surface area contributed by atoms with Gasteiger partial charge in [0.15, 0.2) is 0 Å². The van der Waals surface area contributed by atoms with Gasteiger partial charge in [-0.25, -0.2) is 4.79 Å². The van der Waals surface area contributed by atoms with Crippen LogP contribution in [-0.4, -0.2) is 43.2 Å². The Labute approximate surface area is 161 Å². The molecule has 0 saturated heterocycles. The van der Waals surface area contributed by atoms with Gasteiger partial charge in [-0.15, -0.1) is 23.1 Å². The lowest BCUT2D eigenvalue weighted by Gasteiger charge is -2.22. The van der Waals surface area contributed by atoms with Crippen molar-refractivity contribution in [1.29, 1.82) is 0 Å². The summed E-state index contributed by atoms with van der Waals surface area (Å²) in [5.41, 5.74) is 2.11. The van der Waals surface area contributed by atoms with E-state index in [4.69, 9.17) is 4.74 Å². The minimum Gasteiger partial charge on any atom is -0.462 e. The van der Waals surface area contributed by atoms with Gasteiger partial charge in [-0.05, 0) is 56.5 Å². The molecule has 1 aromatic carbocycles. The van der Waals surface area contributed by atoms with E-state index in [2.05, 4.69) is 17.3 Å². The maximum Gasteiger partial charge on any atom is 0.341 e. The first-order chi connectivity index (χ1) is 12.5. The monoisotopic (exact) mass is 390 g/mol. The molecule has 0 fully saturated rings. The molecule has 0 spiro atoms. The predicted octanol–water partition coefficient (Wildman–Crippen LogP) is 3.89. The number of amides is 1. The fourth-order valence-electron chi connectivity index (χ4n) is 2.96. The fraction of sp³-hybridized carbons (Fsp3) is 0.368. The van der Waals surface area contributed by atoms with Crippen LogP contribution >= 0.6 is 23.1 Å². The van der Waals surface area contributed by atoms with Gasteiger partial charge in [0.2, 0.25) is 0 Å². The molecule has 5 nitrogen and oxygen atoms in total. The smallest absolute Gasteiger partial charge is 0.341 e. The summed E-state index contributed by atoms with van der Waals surface area (Å²) in [4.78, 5) is 29.6. The number of thioether (sulfide) groups is 1. The highest BCUT2D eigenvalue weighted by Gasteiger charge is 2.28. The van der Waals surface area contributed by atoms with E-state index in [1.165, 1.54) is 11.3 Å². The number of benzene rings is 1. The molecule has 3 rings (SSSR count). The highest BCUT2D eigenvalue weighted by atomic mass is 32.2. The molecule has 1 aromatic heterocycles. The Bertz CT molecular complexity index is 815. The first kappa shape index (κ1) is 18.9. The lowest BCUT2D eigenvalue weighted by Crippen LogP contribution is -2.26. The van der Waals surface area contributed by atoms with Gasteiger partial charge >= 0.3 is 5.97 Å². The Morgan fingerprint density at radius 1 is 1.31 bits per heavy atom. The zero-order valence-electron chi connectivity index (χ0n) is 15.1. The molecule has 1 aliphatic heterocycles. The van der Waals surface area contributed by atoms with Crippen molar-refractivity contribution in [2.24, 2.45) is 0 Å². The van der Waals surface area contributed by atoms with Gasteiger partial charge in [0.1, 0.15) is 5.00 Å². The van der Waals surface area contributed by atoms with Crippen LogP contribution in [0.3, 0.4) is 0 Å². The molecule has 26 heavy (non-hydrogen) atoms. The molecule has 0 bridgehead atoms.